The van der Waals surface area contributed by atoms with Gasteiger partial charge in [-0.15, -0.1) is 0 Å². The zero-order chi connectivity index (χ0) is 12.5. The Morgan fingerprint density at radius 2 is 2.11 bits per heavy atom. The Morgan fingerprint density at radius 1 is 1.22 bits per heavy atom. The first-order valence-corrected chi connectivity index (χ1v) is 5.25. The molecular weight excluding hydrogens is 234 g/mol. The molecular formula is C10H9N7O. The fraction of sp³-hybridized carbons (Fsp3) is 0.200. The van der Waals surface area contributed by atoms with Gasteiger partial charge in [-0.05, 0) is 19.9 Å². The maximum atomic E-state index is 5.19. The predicted octanol–water partition coefficient (Wildman–Crippen LogP) is 0.929. The molecule has 3 rings (SSSR count). The predicted molar refractivity (Wildman–Crippen MR) is 60.2 cm³/mol. The number of rotatable bonds is 2. The Bertz CT molecular complexity index is 673. The minimum absolute atomic E-state index is 0.358. The van der Waals surface area contributed by atoms with Gasteiger partial charge in [-0.3, -0.25) is 5.10 Å². The molecule has 8 nitrogen and oxygen atoms in total. The third-order valence-corrected chi connectivity index (χ3v) is 2.38. The maximum Gasteiger partial charge on any atom is 0.260 e. The van der Waals surface area contributed by atoms with Crippen LogP contribution in [0.25, 0.3) is 23.1 Å². The molecule has 0 saturated heterocycles. The van der Waals surface area contributed by atoms with E-state index in [1.165, 1.54) is 6.33 Å². The van der Waals surface area contributed by atoms with Crippen LogP contribution in [0.5, 0.6) is 0 Å². The summed E-state index contributed by atoms with van der Waals surface area (Å²) >= 11 is 0. The molecule has 3 aromatic rings. The first-order valence-electron chi connectivity index (χ1n) is 5.25. The highest BCUT2D eigenvalue weighted by molar-refractivity contribution is 5.58. The third-order valence-electron chi connectivity index (χ3n) is 2.38. The topological polar surface area (TPSA) is 106 Å². The largest absolute Gasteiger partial charge is 0.333 e. The number of aryl methyl sites for hydroxylation is 2. The van der Waals surface area contributed by atoms with Crippen molar-refractivity contribution in [2.45, 2.75) is 13.8 Å². The highest BCUT2D eigenvalue weighted by Crippen LogP contribution is 2.22. The first kappa shape index (κ1) is 10.5. The van der Waals surface area contributed by atoms with E-state index >= 15 is 0 Å². The fourth-order valence-electron chi connectivity index (χ4n) is 1.51. The summed E-state index contributed by atoms with van der Waals surface area (Å²) in [5.41, 5.74) is 2.28. The molecule has 0 aliphatic heterocycles. The van der Waals surface area contributed by atoms with Crippen molar-refractivity contribution in [1.82, 2.24) is 35.5 Å². The van der Waals surface area contributed by atoms with E-state index in [2.05, 4.69) is 35.5 Å². The summed E-state index contributed by atoms with van der Waals surface area (Å²) in [6.07, 6.45) is 1.38. The highest BCUT2D eigenvalue weighted by Gasteiger charge is 2.15. The van der Waals surface area contributed by atoms with Gasteiger partial charge in [-0.2, -0.15) is 20.3 Å². The van der Waals surface area contributed by atoms with Gasteiger partial charge >= 0.3 is 0 Å². The van der Waals surface area contributed by atoms with E-state index in [0.717, 1.165) is 17.0 Å². The van der Waals surface area contributed by atoms with Crippen molar-refractivity contribution in [2.75, 3.05) is 0 Å². The summed E-state index contributed by atoms with van der Waals surface area (Å²) < 4.78 is 5.19. The summed E-state index contributed by atoms with van der Waals surface area (Å²) in [5, 5.41) is 18.2. The van der Waals surface area contributed by atoms with E-state index in [9.17, 15) is 0 Å². The van der Waals surface area contributed by atoms with Crippen LogP contribution < -0.4 is 0 Å². The van der Waals surface area contributed by atoms with Gasteiger partial charge in [0.2, 0.25) is 5.82 Å². The van der Waals surface area contributed by atoms with Gasteiger partial charge in [0.25, 0.3) is 5.89 Å². The molecule has 1 N–H and O–H groups in total. The number of H-pyrrole nitrogens is 1. The molecule has 0 radical (unpaired) electrons. The molecule has 0 aliphatic rings. The molecule has 0 amide bonds. The fourth-order valence-corrected chi connectivity index (χ4v) is 1.51. The summed E-state index contributed by atoms with van der Waals surface area (Å²) in [6, 6.07) is 1.85. The van der Waals surface area contributed by atoms with Gasteiger partial charge in [0, 0.05) is 0 Å². The average Bonchev–Trinajstić information content (AvgIpc) is 3.00. The summed E-state index contributed by atoms with van der Waals surface area (Å²) in [6.45, 7) is 3.68. The van der Waals surface area contributed by atoms with Crippen molar-refractivity contribution < 1.29 is 4.52 Å². The molecule has 0 aromatic carbocycles. The molecule has 18 heavy (non-hydrogen) atoms. The molecule has 0 unspecified atom stereocenters. The van der Waals surface area contributed by atoms with E-state index in [0.29, 0.717) is 17.5 Å². The highest BCUT2D eigenvalue weighted by atomic mass is 16.5. The van der Waals surface area contributed by atoms with Crippen LogP contribution in [0.4, 0.5) is 0 Å². The Kier molecular flexibility index (Phi) is 2.33. The zero-order valence-corrected chi connectivity index (χ0v) is 9.75. The molecule has 3 heterocycles. The third kappa shape index (κ3) is 1.73. The maximum absolute atomic E-state index is 5.19. The molecule has 8 heteroatoms. The summed E-state index contributed by atoms with van der Waals surface area (Å²) in [7, 11) is 0. The minimum atomic E-state index is 0.358. The Morgan fingerprint density at radius 3 is 2.89 bits per heavy atom. The molecule has 0 aliphatic carbocycles. The standard InChI is InChI=1S/C10H9N7O/c1-5-3-7(6(2)15-14-5)10-13-9(17-18-10)8-11-4-12-16-8/h3-4H,1-2H3,(H,11,12,16). The van der Waals surface area contributed by atoms with Gasteiger partial charge in [-0.1, -0.05) is 5.16 Å². The van der Waals surface area contributed by atoms with Crippen LogP contribution in [0.3, 0.4) is 0 Å². The van der Waals surface area contributed by atoms with Crippen molar-refractivity contribution in [3.05, 3.63) is 23.8 Å². The second-order valence-corrected chi connectivity index (χ2v) is 3.74. The summed E-state index contributed by atoms with van der Waals surface area (Å²) in [4.78, 5) is 8.20. The van der Waals surface area contributed by atoms with Crippen LogP contribution in [0.15, 0.2) is 16.9 Å². The first-order chi connectivity index (χ1) is 8.74. The lowest BCUT2D eigenvalue weighted by Crippen LogP contribution is -1.94. The van der Waals surface area contributed by atoms with Crippen LogP contribution in [0, 0.1) is 13.8 Å². The quantitative estimate of drug-likeness (QED) is 0.713. The Labute approximate surface area is 101 Å². The number of hydrogen-bond donors (Lipinski definition) is 1. The molecule has 3 aromatic heterocycles. The summed E-state index contributed by atoms with van der Waals surface area (Å²) in [5.74, 6) is 1.20. The number of nitrogens with zero attached hydrogens (tertiary/aromatic N) is 6. The van der Waals surface area contributed by atoms with E-state index in [-0.39, 0.29) is 0 Å². The molecule has 0 bridgehead atoms. The van der Waals surface area contributed by atoms with Gasteiger partial charge < -0.3 is 4.52 Å². The van der Waals surface area contributed by atoms with Gasteiger partial charge in [0.1, 0.15) is 6.33 Å². The number of aromatic nitrogens is 7. The smallest absolute Gasteiger partial charge is 0.260 e. The van der Waals surface area contributed by atoms with Crippen molar-refractivity contribution in [2.24, 2.45) is 0 Å². The van der Waals surface area contributed by atoms with E-state index < -0.39 is 0 Å². The molecule has 0 spiro atoms. The van der Waals surface area contributed by atoms with Gasteiger partial charge in [0.05, 0.1) is 17.0 Å². The van der Waals surface area contributed by atoms with E-state index in [1.54, 1.807) is 0 Å². The number of hydrogen-bond acceptors (Lipinski definition) is 7. The lowest BCUT2D eigenvalue weighted by atomic mass is 10.2. The number of nitrogens with one attached hydrogen (secondary N) is 1. The SMILES string of the molecule is Cc1cc(-c2nc(-c3ncn[nH]3)no2)c(C)nn1. The van der Waals surface area contributed by atoms with Crippen LogP contribution in [0.2, 0.25) is 0 Å². The van der Waals surface area contributed by atoms with Gasteiger partial charge in [0.15, 0.2) is 5.82 Å². The van der Waals surface area contributed by atoms with Crippen molar-refractivity contribution in [1.29, 1.82) is 0 Å². The van der Waals surface area contributed by atoms with Crippen LogP contribution in [-0.2, 0) is 0 Å². The molecule has 0 saturated carbocycles. The van der Waals surface area contributed by atoms with E-state index in [1.807, 2.05) is 19.9 Å². The Balaban J connectivity index is 2.05. The average molecular weight is 243 g/mol. The van der Waals surface area contributed by atoms with Gasteiger partial charge in [-0.25, -0.2) is 4.98 Å². The normalized spacial score (nSPS) is 10.8. The van der Waals surface area contributed by atoms with Crippen molar-refractivity contribution >= 4 is 0 Å². The monoisotopic (exact) mass is 243 g/mol. The second kappa shape index (κ2) is 3.99. The van der Waals surface area contributed by atoms with Crippen molar-refractivity contribution in [3.63, 3.8) is 0 Å². The van der Waals surface area contributed by atoms with Crippen molar-refractivity contribution in [3.8, 4) is 23.1 Å². The van der Waals surface area contributed by atoms with Crippen LogP contribution in [-0.4, -0.2) is 35.5 Å². The molecule has 90 valence electrons. The van der Waals surface area contributed by atoms with Crippen LogP contribution in [0.1, 0.15) is 11.4 Å². The lowest BCUT2D eigenvalue weighted by molar-refractivity contribution is 0.431. The van der Waals surface area contributed by atoms with E-state index in [4.69, 9.17) is 4.52 Å². The zero-order valence-electron chi connectivity index (χ0n) is 9.75. The molecule has 0 atom stereocenters. The second-order valence-electron chi connectivity index (χ2n) is 3.74. The van der Waals surface area contributed by atoms with Crippen LogP contribution >= 0.6 is 0 Å². The number of aromatic amines is 1. The molecule has 0 fully saturated rings. The minimum Gasteiger partial charge on any atom is -0.333 e. The lowest BCUT2D eigenvalue weighted by Gasteiger charge is -1.98. The Hall–Kier alpha value is -2.64.